The quantitative estimate of drug-likeness (QED) is 0.705. The number of aromatic nitrogens is 3. The molecule has 1 aliphatic heterocycles. The van der Waals surface area contributed by atoms with E-state index in [1.54, 1.807) is 11.3 Å². The van der Waals surface area contributed by atoms with Crippen LogP contribution in [-0.4, -0.2) is 38.4 Å². The first-order valence-electron chi connectivity index (χ1n) is 8.88. The first-order valence-corrected chi connectivity index (χ1v) is 9.76. The Hall–Kier alpha value is -2.21. The van der Waals surface area contributed by atoms with Crippen molar-refractivity contribution in [1.82, 2.24) is 19.4 Å². The summed E-state index contributed by atoms with van der Waals surface area (Å²) in [5, 5.41) is 2.02. The van der Waals surface area contributed by atoms with Gasteiger partial charge < -0.3 is 9.47 Å². The van der Waals surface area contributed by atoms with Gasteiger partial charge in [-0.25, -0.2) is 9.97 Å². The third kappa shape index (κ3) is 3.18. The Morgan fingerprint density at radius 2 is 2.28 bits per heavy atom. The molecule has 1 fully saturated rings. The molecule has 1 aliphatic rings. The molecule has 5 nitrogen and oxygen atoms in total. The number of hydrogen-bond donors (Lipinski definition) is 0. The molecule has 0 unspecified atom stereocenters. The molecule has 0 aliphatic carbocycles. The van der Waals surface area contributed by atoms with E-state index >= 15 is 0 Å². The number of nitrogens with zero attached hydrogens (tertiary/aromatic N) is 4. The molecule has 130 valence electrons. The molecule has 0 bridgehead atoms. The summed E-state index contributed by atoms with van der Waals surface area (Å²) in [5.74, 6) is 1.31. The van der Waals surface area contributed by atoms with Gasteiger partial charge in [-0.2, -0.15) is 0 Å². The highest BCUT2D eigenvalue weighted by Gasteiger charge is 2.30. The zero-order valence-electron chi connectivity index (χ0n) is 14.4. The molecular weight excluding hydrogens is 332 g/mol. The molecule has 3 aromatic heterocycles. The van der Waals surface area contributed by atoms with Crippen LogP contribution in [0.1, 0.15) is 36.5 Å². The molecule has 25 heavy (non-hydrogen) atoms. The predicted octanol–water partition coefficient (Wildman–Crippen LogP) is 3.46. The maximum atomic E-state index is 12.6. The van der Waals surface area contributed by atoms with Gasteiger partial charge in [-0.15, -0.1) is 11.3 Å². The minimum atomic E-state index is 0.222. The molecule has 6 heteroatoms. The molecule has 0 saturated carbocycles. The summed E-state index contributed by atoms with van der Waals surface area (Å²) in [6.07, 6.45) is 5.29. The van der Waals surface area contributed by atoms with Gasteiger partial charge in [0.1, 0.15) is 11.3 Å². The molecule has 3 aromatic rings. The third-order valence-corrected chi connectivity index (χ3v) is 5.66. The van der Waals surface area contributed by atoms with Crippen LogP contribution in [0.15, 0.2) is 35.8 Å². The maximum Gasteiger partial charge on any atom is 0.227 e. The van der Waals surface area contributed by atoms with Crippen LogP contribution >= 0.6 is 11.3 Å². The van der Waals surface area contributed by atoms with Crippen molar-refractivity contribution in [1.29, 1.82) is 0 Å². The van der Waals surface area contributed by atoms with Crippen molar-refractivity contribution >= 4 is 28.4 Å². The Morgan fingerprint density at radius 3 is 3.08 bits per heavy atom. The fraction of sp³-hybridized carbons (Fsp3) is 0.421. The molecule has 0 aromatic carbocycles. The number of hydrogen-bond acceptors (Lipinski definition) is 4. The van der Waals surface area contributed by atoms with E-state index in [0.29, 0.717) is 6.42 Å². The first-order chi connectivity index (χ1) is 12.3. The zero-order chi connectivity index (χ0) is 17.2. The molecule has 0 N–H and O–H groups in total. The number of fused-ring (bicyclic) bond motifs is 1. The van der Waals surface area contributed by atoms with Crippen molar-refractivity contribution in [3.63, 3.8) is 0 Å². The van der Waals surface area contributed by atoms with Crippen LogP contribution in [0.5, 0.6) is 0 Å². The van der Waals surface area contributed by atoms with E-state index in [9.17, 15) is 4.79 Å². The minimum Gasteiger partial charge on any atom is -0.340 e. The van der Waals surface area contributed by atoms with Crippen LogP contribution in [0.25, 0.3) is 11.2 Å². The minimum absolute atomic E-state index is 0.222. The number of rotatable bonds is 5. The maximum absolute atomic E-state index is 12.6. The molecule has 4 rings (SSSR count). The van der Waals surface area contributed by atoms with Crippen LogP contribution in [-0.2, 0) is 17.6 Å². The molecular formula is C19H22N4OS. The van der Waals surface area contributed by atoms with Crippen LogP contribution in [0, 0.1) is 0 Å². The fourth-order valence-corrected chi connectivity index (χ4v) is 4.31. The monoisotopic (exact) mass is 354 g/mol. The SMILES string of the molecule is CCCc1nc2cccnc2n1[C@@H]1CCN(C(=O)Cc2cccs2)C1. The van der Waals surface area contributed by atoms with Gasteiger partial charge in [0.15, 0.2) is 5.65 Å². The van der Waals surface area contributed by atoms with Gasteiger partial charge in [0, 0.05) is 30.6 Å². The van der Waals surface area contributed by atoms with Gasteiger partial charge in [0.2, 0.25) is 5.91 Å². The van der Waals surface area contributed by atoms with Crippen molar-refractivity contribution in [3.8, 4) is 0 Å². The lowest BCUT2D eigenvalue weighted by atomic mass is 10.2. The van der Waals surface area contributed by atoms with Crippen LogP contribution in [0.4, 0.5) is 0 Å². The number of carbonyl (C=O) groups excluding carboxylic acids is 1. The summed E-state index contributed by atoms with van der Waals surface area (Å²) in [5.41, 5.74) is 1.90. The van der Waals surface area contributed by atoms with Crippen molar-refractivity contribution in [3.05, 3.63) is 46.5 Å². The zero-order valence-corrected chi connectivity index (χ0v) is 15.2. The molecule has 1 atom stereocenters. The van der Waals surface area contributed by atoms with Gasteiger partial charge in [0.25, 0.3) is 0 Å². The fourth-order valence-electron chi connectivity index (χ4n) is 3.61. The molecule has 4 heterocycles. The van der Waals surface area contributed by atoms with Gasteiger partial charge in [-0.3, -0.25) is 4.79 Å². The van der Waals surface area contributed by atoms with Crippen molar-refractivity contribution in [2.24, 2.45) is 0 Å². The normalized spacial score (nSPS) is 17.5. The lowest BCUT2D eigenvalue weighted by molar-refractivity contribution is -0.129. The average Bonchev–Trinajstić information content (AvgIpc) is 3.33. The highest BCUT2D eigenvalue weighted by molar-refractivity contribution is 7.10. The van der Waals surface area contributed by atoms with E-state index in [0.717, 1.165) is 54.2 Å². The summed E-state index contributed by atoms with van der Waals surface area (Å²) in [7, 11) is 0. The Balaban J connectivity index is 1.56. The van der Waals surface area contributed by atoms with Gasteiger partial charge in [0.05, 0.1) is 12.5 Å². The summed E-state index contributed by atoms with van der Waals surface area (Å²) < 4.78 is 2.28. The van der Waals surface area contributed by atoms with E-state index < -0.39 is 0 Å². The van der Waals surface area contributed by atoms with Crippen molar-refractivity contribution in [2.75, 3.05) is 13.1 Å². The van der Waals surface area contributed by atoms with Crippen LogP contribution < -0.4 is 0 Å². The van der Waals surface area contributed by atoms with E-state index in [2.05, 4.69) is 16.5 Å². The number of likely N-dealkylation sites (tertiary alicyclic amines) is 1. The molecule has 0 radical (unpaired) electrons. The largest absolute Gasteiger partial charge is 0.340 e. The molecule has 0 spiro atoms. The summed E-state index contributed by atoms with van der Waals surface area (Å²) in [6.45, 7) is 3.73. The second-order valence-electron chi connectivity index (χ2n) is 6.53. The lowest BCUT2D eigenvalue weighted by Gasteiger charge is -2.18. The van der Waals surface area contributed by atoms with Crippen LogP contribution in [0.2, 0.25) is 0 Å². The number of aryl methyl sites for hydroxylation is 1. The second-order valence-corrected chi connectivity index (χ2v) is 7.56. The summed E-state index contributed by atoms with van der Waals surface area (Å²) >= 11 is 1.65. The Kier molecular flexibility index (Phi) is 4.53. The van der Waals surface area contributed by atoms with E-state index in [4.69, 9.17) is 4.98 Å². The second kappa shape index (κ2) is 6.96. The number of carbonyl (C=O) groups is 1. The highest BCUT2D eigenvalue weighted by Crippen LogP contribution is 2.28. The van der Waals surface area contributed by atoms with E-state index in [1.165, 1.54) is 0 Å². The van der Waals surface area contributed by atoms with Gasteiger partial charge in [-0.05, 0) is 36.4 Å². The number of pyridine rings is 1. The molecule has 1 amide bonds. The Morgan fingerprint density at radius 1 is 1.36 bits per heavy atom. The average molecular weight is 354 g/mol. The lowest BCUT2D eigenvalue weighted by Crippen LogP contribution is -2.30. The number of amides is 1. The van der Waals surface area contributed by atoms with E-state index in [-0.39, 0.29) is 11.9 Å². The Labute approximate surface area is 151 Å². The molecule has 1 saturated heterocycles. The van der Waals surface area contributed by atoms with Crippen molar-refractivity contribution in [2.45, 2.75) is 38.6 Å². The third-order valence-electron chi connectivity index (χ3n) is 4.78. The first kappa shape index (κ1) is 16.3. The standard InChI is InChI=1S/C19H22N4OS/c1-2-5-17-21-16-7-3-9-20-19(16)23(17)14-8-10-22(13-14)18(24)12-15-6-4-11-25-15/h3-4,6-7,9,11,14H,2,5,8,10,12-13H2,1H3/t14-/m1/s1. The summed E-state index contributed by atoms with van der Waals surface area (Å²) in [6, 6.07) is 8.25. The van der Waals surface area contributed by atoms with Crippen LogP contribution in [0.3, 0.4) is 0 Å². The highest BCUT2D eigenvalue weighted by atomic mass is 32.1. The smallest absolute Gasteiger partial charge is 0.227 e. The van der Waals surface area contributed by atoms with Crippen molar-refractivity contribution < 1.29 is 4.79 Å². The number of thiophene rings is 1. The van der Waals surface area contributed by atoms with E-state index in [1.807, 2.05) is 40.7 Å². The predicted molar refractivity (Wildman–Crippen MR) is 99.8 cm³/mol. The topological polar surface area (TPSA) is 51.0 Å². The van der Waals surface area contributed by atoms with Gasteiger partial charge in [-0.1, -0.05) is 13.0 Å². The summed E-state index contributed by atoms with van der Waals surface area (Å²) in [4.78, 5) is 25.1. The Bertz CT molecular complexity index is 871. The van der Waals surface area contributed by atoms with Gasteiger partial charge >= 0.3 is 0 Å². The number of imidazole rings is 1.